The first-order chi connectivity index (χ1) is 11.3. The number of methoxy groups -OCH3 is 1. The molecule has 1 heterocycles. The van der Waals surface area contributed by atoms with E-state index in [1.165, 1.54) is 44.3 Å². The molecular formula is C19H30IN3O. The minimum Gasteiger partial charge on any atom is -0.497 e. The first-order valence-electron chi connectivity index (χ1n) is 8.88. The molecule has 5 heteroatoms. The summed E-state index contributed by atoms with van der Waals surface area (Å²) in [5, 5.41) is 3.54. The van der Waals surface area contributed by atoms with Crippen LogP contribution in [0, 0.1) is 11.8 Å². The van der Waals surface area contributed by atoms with Gasteiger partial charge in [0.2, 0.25) is 0 Å². The first-order valence-corrected chi connectivity index (χ1v) is 8.88. The van der Waals surface area contributed by atoms with E-state index in [2.05, 4.69) is 27.3 Å². The summed E-state index contributed by atoms with van der Waals surface area (Å²) in [7, 11) is 3.61. The standard InChI is InChI=1S/C19H29N3O.HI/c1-20-19(22-13-16-7-3-4-8-17(16)14-22)21-11-10-15-6-5-9-18(12-15)23-2;/h5-6,9,12,16-17H,3-4,7-8,10-11,13-14H2,1-2H3,(H,20,21);1H. The Morgan fingerprint density at radius 2 is 1.96 bits per heavy atom. The average molecular weight is 443 g/mol. The number of nitrogens with zero attached hydrogens (tertiary/aromatic N) is 2. The molecule has 4 nitrogen and oxygen atoms in total. The van der Waals surface area contributed by atoms with Crippen LogP contribution in [-0.4, -0.2) is 44.7 Å². The maximum atomic E-state index is 5.29. The topological polar surface area (TPSA) is 36.9 Å². The van der Waals surface area contributed by atoms with Crippen molar-refractivity contribution in [2.75, 3.05) is 33.8 Å². The molecule has 1 aliphatic carbocycles. The number of rotatable bonds is 4. The molecule has 0 aromatic heterocycles. The van der Waals surface area contributed by atoms with E-state index in [1.807, 2.05) is 19.2 Å². The summed E-state index contributed by atoms with van der Waals surface area (Å²) in [5.74, 6) is 3.78. The zero-order valence-corrected chi connectivity index (χ0v) is 17.2. The molecule has 3 rings (SSSR count). The number of benzene rings is 1. The van der Waals surface area contributed by atoms with Crippen LogP contribution >= 0.6 is 24.0 Å². The van der Waals surface area contributed by atoms with Crippen LogP contribution in [0.3, 0.4) is 0 Å². The Balaban J connectivity index is 0.00000208. The van der Waals surface area contributed by atoms with Crippen LogP contribution in [0.15, 0.2) is 29.3 Å². The fourth-order valence-electron chi connectivity index (χ4n) is 4.06. The van der Waals surface area contributed by atoms with Crippen molar-refractivity contribution in [1.29, 1.82) is 0 Å². The predicted octanol–water partition coefficient (Wildman–Crippen LogP) is 3.55. The summed E-state index contributed by atoms with van der Waals surface area (Å²) >= 11 is 0. The molecule has 0 amide bonds. The fraction of sp³-hybridized carbons (Fsp3) is 0.632. The van der Waals surface area contributed by atoms with Gasteiger partial charge in [-0.25, -0.2) is 0 Å². The molecule has 24 heavy (non-hydrogen) atoms. The summed E-state index contributed by atoms with van der Waals surface area (Å²) in [6.07, 6.45) is 6.62. The minimum atomic E-state index is 0. The molecule has 1 N–H and O–H groups in total. The second-order valence-corrected chi connectivity index (χ2v) is 6.79. The van der Waals surface area contributed by atoms with Crippen molar-refractivity contribution < 1.29 is 4.74 Å². The van der Waals surface area contributed by atoms with Gasteiger partial charge in [-0.3, -0.25) is 4.99 Å². The highest BCUT2D eigenvalue weighted by molar-refractivity contribution is 14.0. The molecule has 1 saturated heterocycles. The van der Waals surface area contributed by atoms with Crippen LogP contribution in [-0.2, 0) is 6.42 Å². The van der Waals surface area contributed by atoms with E-state index < -0.39 is 0 Å². The van der Waals surface area contributed by atoms with Gasteiger partial charge in [0, 0.05) is 26.7 Å². The van der Waals surface area contributed by atoms with E-state index in [4.69, 9.17) is 4.74 Å². The monoisotopic (exact) mass is 443 g/mol. The summed E-state index contributed by atoms with van der Waals surface area (Å²) in [6, 6.07) is 8.29. The van der Waals surface area contributed by atoms with Crippen LogP contribution in [0.2, 0.25) is 0 Å². The van der Waals surface area contributed by atoms with Crippen molar-refractivity contribution in [2.24, 2.45) is 16.8 Å². The van der Waals surface area contributed by atoms with Crippen molar-refractivity contribution in [1.82, 2.24) is 10.2 Å². The van der Waals surface area contributed by atoms with Gasteiger partial charge in [-0.1, -0.05) is 25.0 Å². The quantitative estimate of drug-likeness (QED) is 0.440. The highest BCUT2D eigenvalue weighted by Crippen LogP contribution is 2.35. The van der Waals surface area contributed by atoms with E-state index in [9.17, 15) is 0 Å². The number of hydrogen-bond acceptors (Lipinski definition) is 2. The Labute approximate surface area is 163 Å². The summed E-state index contributed by atoms with van der Waals surface area (Å²) in [4.78, 5) is 6.96. The maximum absolute atomic E-state index is 5.29. The zero-order chi connectivity index (χ0) is 16.1. The Kier molecular flexibility index (Phi) is 7.65. The first kappa shape index (κ1) is 19.3. The summed E-state index contributed by atoms with van der Waals surface area (Å²) in [5.41, 5.74) is 1.29. The second-order valence-electron chi connectivity index (χ2n) is 6.79. The van der Waals surface area contributed by atoms with E-state index >= 15 is 0 Å². The predicted molar refractivity (Wildman–Crippen MR) is 110 cm³/mol. The SMILES string of the molecule is CN=C(NCCc1cccc(OC)c1)N1CC2CCCCC2C1.I. The number of fused-ring (bicyclic) bond motifs is 1. The normalized spacial score (nSPS) is 23.4. The third-order valence-corrected chi connectivity index (χ3v) is 5.32. The molecule has 2 atom stereocenters. The molecule has 1 aromatic rings. The number of hydrogen-bond donors (Lipinski definition) is 1. The molecule has 0 spiro atoms. The van der Waals surface area contributed by atoms with Gasteiger partial charge in [0.05, 0.1) is 7.11 Å². The third-order valence-electron chi connectivity index (χ3n) is 5.32. The molecule has 1 aromatic carbocycles. The van der Waals surface area contributed by atoms with Crippen molar-refractivity contribution in [3.05, 3.63) is 29.8 Å². The number of aliphatic imine (C=N–C) groups is 1. The largest absolute Gasteiger partial charge is 0.497 e. The Hall–Kier alpha value is -0.980. The van der Waals surface area contributed by atoms with Crippen LogP contribution in [0.25, 0.3) is 0 Å². The lowest BCUT2D eigenvalue weighted by Gasteiger charge is -2.22. The molecule has 2 unspecified atom stereocenters. The van der Waals surface area contributed by atoms with Crippen molar-refractivity contribution in [2.45, 2.75) is 32.1 Å². The molecule has 2 fully saturated rings. The minimum absolute atomic E-state index is 0. The maximum Gasteiger partial charge on any atom is 0.193 e. The molecular weight excluding hydrogens is 413 g/mol. The second kappa shape index (κ2) is 9.49. The highest BCUT2D eigenvalue weighted by atomic mass is 127. The van der Waals surface area contributed by atoms with Gasteiger partial charge in [0.1, 0.15) is 5.75 Å². The highest BCUT2D eigenvalue weighted by Gasteiger charge is 2.35. The summed E-state index contributed by atoms with van der Waals surface area (Å²) in [6.45, 7) is 3.28. The smallest absolute Gasteiger partial charge is 0.193 e. The Bertz CT molecular complexity index is 535. The van der Waals surface area contributed by atoms with Gasteiger partial charge in [0.15, 0.2) is 5.96 Å². The van der Waals surface area contributed by atoms with Crippen LogP contribution in [0.4, 0.5) is 0 Å². The van der Waals surface area contributed by atoms with Crippen LogP contribution in [0.5, 0.6) is 5.75 Å². The number of nitrogens with one attached hydrogen (secondary N) is 1. The molecule has 0 bridgehead atoms. The van der Waals surface area contributed by atoms with Gasteiger partial charge in [-0.05, 0) is 48.8 Å². The van der Waals surface area contributed by atoms with Crippen molar-refractivity contribution in [3.63, 3.8) is 0 Å². The van der Waals surface area contributed by atoms with Gasteiger partial charge in [-0.15, -0.1) is 24.0 Å². The van der Waals surface area contributed by atoms with E-state index in [0.29, 0.717) is 0 Å². The van der Waals surface area contributed by atoms with Gasteiger partial charge >= 0.3 is 0 Å². The Morgan fingerprint density at radius 1 is 1.25 bits per heavy atom. The number of halogens is 1. The fourth-order valence-corrected chi connectivity index (χ4v) is 4.06. The van der Waals surface area contributed by atoms with Crippen LogP contribution < -0.4 is 10.1 Å². The average Bonchev–Trinajstić information content (AvgIpc) is 3.02. The number of guanidine groups is 1. The third kappa shape index (κ3) is 4.77. The molecule has 134 valence electrons. The van der Waals surface area contributed by atoms with Crippen molar-refractivity contribution in [3.8, 4) is 5.75 Å². The van der Waals surface area contributed by atoms with E-state index in [-0.39, 0.29) is 24.0 Å². The Morgan fingerprint density at radius 3 is 2.58 bits per heavy atom. The number of ether oxygens (including phenoxy) is 1. The van der Waals surface area contributed by atoms with E-state index in [1.54, 1.807) is 7.11 Å². The van der Waals surface area contributed by atoms with E-state index in [0.717, 1.165) is 36.5 Å². The zero-order valence-electron chi connectivity index (χ0n) is 14.8. The lowest BCUT2D eigenvalue weighted by atomic mass is 9.82. The number of likely N-dealkylation sites (tertiary alicyclic amines) is 1. The molecule has 1 saturated carbocycles. The molecule has 0 radical (unpaired) electrons. The lowest BCUT2D eigenvalue weighted by Crippen LogP contribution is -2.41. The lowest BCUT2D eigenvalue weighted by molar-refractivity contribution is 0.299. The van der Waals surface area contributed by atoms with Crippen LogP contribution in [0.1, 0.15) is 31.2 Å². The molecule has 1 aliphatic heterocycles. The van der Waals surface area contributed by atoms with Gasteiger partial charge in [0.25, 0.3) is 0 Å². The van der Waals surface area contributed by atoms with Crippen molar-refractivity contribution >= 4 is 29.9 Å². The van der Waals surface area contributed by atoms with Gasteiger partial charge in [-0.2, -0.15) is 0 Å². The molecule has 2 aliphatic rings. The summed E-state index contributed by atoms with van der Waals surface area (Å²) < 4.78 is 5.29. The van der Waals surface area contributed by atoms with Gasteiger partial charge < -0.3 is 15.0 Å².